The molecule has 2 aromatic heterocycles. The van der Waals surface area contributed by atoms with E-state index < -0.39 is 0 Å². The molecule has 3 N–H and O–H groups in total. The molecule has 0 aliphatic carbocycles. The van der Waals surface area contributed by atoms with Crippen LogP contribution in [-0.2, 0) is 11.3 Å². The van der Waals surface area contributed by atoms with E-state index in [4.69, 9.17) is 5.73 Å². The van der Waals surface area contributed by atoms with Crippen LogP contribution in [0.4, 0.5) is 11.8 Å². The summed E-state index contributed by atoms with van der Waals surface area (Å²) in [6.07, 6.45) is 0.279. The summed E-state index contributed by atoms with van der Waals surface area (Å²) in [5.74, 6) is 0.609. The van der Waals surface area contributed by atoms with Crippen LogP contribution in [0.15, 0.2) is 33.9 Å². The van der Waals surface area contributed by atoms with Gasteiger partial charge in [-0.15, -0.1) is 0 Å². The van der Waals surface area contributed by atoms with Gasteiger partial charge in [-0.1, -0.05) is 6.07 Å². The summed E-state index contributed by atoms with van der Waals surface area (Å²) in [4.78, 5) is 46.1. The second kappa shape index (κ2) is 7.42. The van der Waals surface area contributed by atoms with E-state index in [9.17, 15) is 14.4 Å². The Labute approximate surface area is 150 Å². The lowest BCUT2D eigenvalue weighted by Gasteiger charge is -2.35. The Morgan fingerprint density at radius 3 is 2.62 bits per heavy atom. The highest BCUT2D eigenvalue weighted by Crippen LogP contribution is 2.13. The van der Waals surface area contributed by atoms with E-state index in [1.165, 1.54) is 12.1 Å². The van der Waals surface area contributed by atoms with E-state index in [-0.39, 0.29) is 29.4 Å². The van der Waals surface area contributed by atoms with Crippen molar-refractivity contribution in [1.82, 2.24) is 19.4 Å². The second-order valence-electron chi connectivity index (χ2n) is 6.26. The molecule has 0 atom stereocenters. The first-order valence-corrected chi connectivity index (χ1v) is 8.50. The van der Waals surface area contributed by atoms with Gasteiger partial charge in [-0.25, -0.2) is 0 Å². The molecule has 1 aliphatic heterocycles. The lowest BCUT2D eigenvalue weighted by Crippen LogP contribution is -2.49. The minimum absolute atomic E-state index is 0.0122. The van der Waals surface area contributed by atoms with Gasteiger partial charge < -0.3 is 20.1 Å². The van der Waals surface area contributed by atoms with E-state index in [0.717, 1.165) is 5.69 Å². The van der Waals surface area contributed by atoms with Crippen LogP contribution >= 0.6 is 0 Å². The van der Waals surface area contributed by atoms with Gasteiger partial charge in [0.2, 0.25) is 11.9 Å². The monoisotopic (exact) mass is 358 g/mol. The third-order valence-electron chi connectivity index (χ3n) is 4.52. The lowest BCUT2D eigenvalue weighted by atomic mass is 10.2. The van der Waals surface area contributed by atoms with Crippen LogP contribution < -0.4 is 21.8 Å². The van der Waals surface area contributed by atoms with Crippen molar-refractivity contribution in [2.75, 3.05) is 36.8 Å². The van der Waals surface area contributed by atoms with Gasteiger partial charge in [0.25, 0.3) is 11.1 Å². The molecule has 0 spiro atoms. The van der Waals surface area contributed by atoms with Gasteiger partial charge in [0.05, 0.1) is 0 Å². The third-order valence-corrected chi connectivity index (χ3v) is 4.52. The number of pyridine rings is 1. The zero-order chi connectivity index (χ0) is 18.7. The van der Waals surface area contributed by atoms with Crippen LogP contribution in [0.2, 0.25) is 0 Å². The summed E-state index contributed by atoms with van der Waals surface area (Å²) in [7, 11) is 0. The molecule has 1 fully saturated rings. The molecule has 9 nitrogen and oxygen atoms in total. The maximum Gasteiger partial charge on any atom is 0.254 e. The highest BCUT2D eigenvalue weighted by Gasteiger charge is 2.22. The van der Waals surface area contributed by atoms with Crippen molar-refractivity contribution < 1.29 is 4.79 Å². The minimum Gasteiger partial charge on any atom is -0.369 e. The highest BCUT2D eigenvalue weighted by atomic mass is 16.2. The standard InChI is InChI=1S/C17H22N6O3/c1-12-3-2-4-16(26)23(12)6-5-15(25)22-9-7-21(8-10-22)13-11-14(24)20-17(18)19-13/h2-4,11H,5-10H2,1H3,(H3,18,19,20,24). The Hall–Kier alpha value is -3.10. The van der Waals surface area contributed by atoms with Crippen LogP contribution in [0.3, 0.4) is 0 Å². The van der Waals surface area contributed by atoms with Gasteiger partial charge in [-0.2, -0.15) is 4.98 Å². The molecule has 3 heterocycles. The molecule has 2 aromatic rings. The summed E-state index contributed by atoms with van der Waals surface area (Å²) in [5.41, 5.74) is 6.02. The average molecular weight is 358 g/mol. The molecule has 3 rings (SSSR count). The number of rotatable bonds is 4. The number of nitrogens with one attached hydrogen (secondary N) is 1. The largest absolute Gasteiger partial charge is 0.369 e. The van der Waals surface area contributed by atoms with Crippen molar-refractivity contribution in [1.29, 1.82) is 0 Å². The van der Waals surface area contributed by atoms with Gasteiger partial charge in [0.15, 0.2) is 0 Å². The summed E-state index contributed by atoms with van der Waals surface area (Å²) in [6, 6.07) is 6.46. The zero-order valence-corrected chi connectivity index (χ0v) is 14.6. The van der Waals surface area contributed by atoms with Crippen LogP contribution in [0.1, 0.15) is 12.1 Å². The number of amides is 1. The van der Waals surface area contributed by atoms with Gasteiger partial charge in [-0.05, 0) is 13.0 Å². The Kier molecular flexibility index (Phi) is 5.06. The zero-order valence-electron chi connectivity index (χ0n) is 14.6. The summed E-state index contributed by atoms with van der Waals surface area (Å²) < 4.78 is 1.61. The maximum atomic E-state index is 12.4. The first-order chi connectivity index (χ1) is 12.4. The predicted molar refractivity (Wildman–Crippen MR) is 98.1 cm³/mol. The molecule has 0 saturated carbocycles. The number of hydrogen-bond acceptors (Lipinski definition) is 6. The van der Waals surface area contributed by atoms with E-state index >= 15 is 0 Å². The van der Waals surface area contributed by atoms with Crippen LogP contribution in [-0.4, -0.2) is 51.5 Å². The van der Waals surface area contributed by atoms with Gasteiger partial charge in [-0.3, -0.25) is 19.4 Å². The Bertz CT molecular complexity index is 911. The number of anilines is 2. The topological polar surface area (TPSA) is 117 Å². The first kappa shape index (κ1) is 17.7. The summed E-state index contributed by atoms with van der Waals surface area (Å²) >= 11 is 0. The van der Waals surface area contributed by atoms with Gasteiger partial charge in [0, 0.05) is 57.0 Å². The lowest BCUT2D eigenvalue weighted by molar-refractivity contribution is -0.131. The molecule has 0 unspecified atom stereocenters. The number of nitrogens with two attached hydrogens (primary N) is 1. The maximum absolute atomic E-state index is 12.4. The molecular formula is C17H22N6O3. The Balaban J connectivity index is 1.57. The molecular weight excluding hydrogens is 336 g/mol. The van der Waals surface area contributed by atoms with Crippen molar-refractivity contribution in [3.63, 3.8) is 0 Å². The number of aryl methyl sites for hydroxylation is 1. The summed E-state index contributed by atoms with van der Waals surface area (Å²) in [5, 5.41) is 0. The van der Waals surface area contributed by atoms with Crippen LogP contribution in [0.25, 0.3) is 0 Å². The number of hydrogen-bond donors (Lipinski definition) is 2. The van der Waals surface area contributed by atoms with E-state index in [0.29, 0.717) is 38.5 Å². The highest BCUT2D eigenvalue weighted by molar-refractivity contribution is 5.76. The molecule has 0 bridgehead atoms. The predicted octanol–water partition coefficient (Wildman–Crippen LogP) is -0.439. The van der Waals surface area contributed by atoms with E-state index in [1.807, 2.05) is 17.9 Å². The molecule has 0 aromatic carbocycles. The van der Waals surface area contributed by atoms with E-state index in [1.54, 1.807) is 15.5 Å². The van der Waals surface area contributed by atoms with Crippen molar-refractivity contribution >= 4 is 17.7 Å². The van der Waals surface area contributed by atoms with Crippen LogP contribution in [0, 0.1) is 6.92 Å². The Morgan fingerprint density at radius 2 is 1.96 bits per heavy atom. The fourth-order valence-corrected chi connectivity index (χ4v) is 3.09. The molecule has 1 amide bonds. The van der Waals surface area contributed by atoms with Gasteiger partial charge >= 0.3 is 0 Å². The number of carbonyl (C=O) groups excluding carboxylic acids is 1. The second-order valence-corrected chi connectivity index (χ2v) is 6.26. The molecule has 1 aliphatic rings. The number of aromatic nitrogens is 3. The number of piperazine rings is 1. The number of carbonyl (C=O) groups is 1. The molecule has 0 radical (unpaired) electrons. The fourth-order valence-electron chi connectivity index (χ4n) is 3.09. The third kappa shape index (κ3) is 3.93. The molecule has 1 saturated heterocycles. The number of nitrogen functional groups attached to an aromatic ring is 1. The number of nitrogens with zero attached hydrogens (tertiary/aromatic N) is 4. The smallest absolute Gasteiger partial charge is 0.254 e. The SMILES string of the molecule is Cc1cccc(=O)n1CCC(=O)N1CCN(c2cc(=O)[nH]c(N)n2)CC1. The molecule has 9 heteroatoms. The quantitative estimate of drug-likeness (QED) is 0.765. The summed E-state index contributed by atoms with van der Waals surface area (Å²) in [6.45, 7) is 4.45. The molecule has 138 valence electrons. The van der Waals surface area contributed by atoms with Gasteiger partial charge in [0.1, 0.15) is 5.82 Å². The first-order valence-electron chi connectivity index (χ1n) is 8.50. The molecule has 26 heavy (non-hydrogen) atoms. The van der Waals surface area contributed by atoms with Crippen molar-refractivity contribution in [3.8, 4) is 0 Å². The Morgan fingerprint density at radius 1 is 1.23 bits per heavy atom. The normalized spacial score (nSPS) is 14.5. The van der Waals surface area contributed by atoms with Crippen LogP contribution in [0.5, 0.6) is 0 Å². The van der Waals surface area contributed by atoms with E-state index in [2.05, 4.69) is 9.97 Å². The van der Waals surface area contributed by atoms with Crippen molar-refractivity contribution in [2.45, 2.75) is 19.9 Å². The average Bonchev–Trinajstić information content (AvgIpc) is 2.60. The number of aromatic amines is 1. The van der Waals surface area contributed by atoms with Crippen molar-refractivity contribution in [3.05, 3.63) is 50.7 Å². The number of H-pyrrole nitrogens is 1. The van der Waals surface area contributed by atoms with Crippen molar-refractivity contribution in [2.24, 2.45) is 0 Å². The fraction of sp³-hybridized carbons (Fsp3) is 0.412. The minimum atomic E-state index is -0.297.